The van der Waals surface area contributed by atoms with Crippen LogP contribution in [-0.4, -0.2) is 30.5 Å². The molecule has 0 saturated heterocycles. The van der Waals surface area contributed by atoms with Crippen molar-refractivity contribution in [2.24, 2.45) is 0 Å². The standard InChI is InChI=1S/C25H20N4O6/c1-34-23-12-5-3-10-21(23)28-24(30)16-35-22-11-4-2-7-17(22)13-18(15-26)25(31)27-19-8-6-9-20(14-19)29(32)33/h2-14H,16H2,1H3,(H,27,31)(H,28,30). The fourth-order valence-electron chi connectivity index (χ4n) is 3.01. The molecule has 0 aliphatic heterocycles. The van der Waals surface area contributed by atoms with E-state index in [9.17, 15) is 25.0 Å². The zero-order valence-electron chi connectivity index (χ0n) is 18.6. The molecule has 176 valence electrons. The monoisotopic (exact) mass is 472 g/mol. The summed E-state index contributed by atoms with van der Waals surface area (Å²) < 4.78 is 10.8. The number of carbonyl (C=O) groups excluding carboxylic acids is 2. The molecule has 0 heterocycles. The first-order valence-corrected chi connectivity index (χ1v) is 10.2. The highest BCUT2D eigenvalue weighted by Gasteiger charge is 2.14. The van der Waals surface area contributed by atoms with E-state index in [2.05, 4.69) is 10.6 Å². The quantitative estimate of drug-likeness (QED) is 0.206. The summed E-state index contributed by atoms with van der Waals surface area (Å²) in [7, 11) is 1.49. The first kappa shape index (κ1) is 24.5. The molecule has 10 heteroatoms. The Morgan fingerprint density at radius 1 is 1.03 bits per heavy atom. The van der Waals surface area contributed by atoms with Crippen molar-refractivity contribution in [2.75, 3.05) is 24.4 Å². The lowest BCUT2D eigenvalue weighted by Crippen LogP contribution is -2.20. The van der Waals surface area contributed by atoms with Crippen LogP contribution in [0, 0.1) is 21.4 Å². The van der Waals surface area contributed by atoms with Crippen LogP contribution in [0.2, 0.25) is 0 Å². The van der Waals surface area contributed by atoms with Crippen LogP contribution in [-0.2, 0) is 9.59 Å². The van der Waals surface area contributed by atoms with Crippen LogP contribution in [0.3, 0.4) is 0 Å². The summed E-state index contributed by atoms with van der Waals surface area (Å²) in [5, 5.41) is 25.6. The van der Waals surface area contributed by atoms with Gasteiger partial charge in [-0.1, -0.05) is 36.4 Å². The van der Waals surface area contributed by atoms with E-state index in [1.807, 2.05) is 6.07 Å². The largest absolute Gasteiger partial charge is 0.495 e. The summed E-state index contributed by atoms with van der Waals surface area (Å²) in [6.07, 6.45) is 1.31. The van der Waals surface area contributed by atoms with Crippen molar-refractivity contribution in [1.82, 2.24) is 0 Å². The van der Waals surface area contributed by atoms with Gasteiger partial charge in [0.05, 0.1) is 17.7 Å². The molecule has 2 N–H and O–H groups in total. The lowest BCUT2D eigenvalue weighted by atomic mass is 10.1. The molecule has 0 aliphatic carbocycles. The maximum Gasteiger partial charge on any atom is 0.271 e. The van der Waals surface area contributed by atoms with Crippen LogP contribution in [0.25, 0.3) is 6.08 Å². The normalized spacial score (nSPS) is 10.6. The van der Waals surface area contributed by atoms with E-state index in [4.69, 9.17) is 9.47 Å². The molecule has 3 aromatic rings. The van der Waals surface area contributed by atoms with E-state index in [0.717, 1.165) is 0 Å². The zero-order valence-corrected chi connectivity index (χ0v) is 18.6. The summed E-state index contributed by atoms with van der Waals surface area (Å²) in [5.41, 5.74) is 0.592. The summed E-state index contributed by atoms with van der Waals surface area (Å²) >= 11 is 0. The lowest BCUT2D eigenvalue weighted by Gasteiger charge is -2.12. The van der Waals surface area contributed by atoms with Gasteiger partial charge in [0.2, 0.25) is 0 Å². The van der Waals surface area contributed by atoms with Crippen molar-refractivity contribution in [3.05, 3.63) is 94.0 Å². The number of para-hydroxylation sites is 3. The second-order valence-electron chi connectivity index (χ2n) is 7.01. The molecule has 0 aromatic heterocycles. The summed E-state index contributed by atoms with van der Waals surface area (Å²) in [6.45, 7) is -0.329. The van der Waals surface area contributed by atoms with Gasteiger partial charge in [0.1, 0.15) is 23.1 Å². The average Bonchev–Trinajstić information content (AvgIpc) is 2.87. The second-order valence-corrected chi connectivity index (χ2v) is 7.01. The van der Waals surface area contributed by atoms with Crippen molar-refractivity contribution in [2.45, 2.75) is 0 Å². The first-order chi connectivity index (χ1) is 16.9. The van der Waals surface area contributed by atoms with E-state index in [0.29, 0.717) is 17.0 Å². The van der Waals surface area contributed by atoms with Gasteiger partial charge in [-0.25, -0.2) is 0 Å². The maximum atomic E-state index is 12.6. The second kappa shape index (κ2) is 11.6. The predicted molar refractivity (Wildman–Crippen MR) is 129 cm³/mol. The van der Waals surface area contributed by atoms with E-state index < -0.39 is 16.7 Å². The number of carbonyl (C=O) groups is 2. The molecule has 0 spiro atoms. The predicted octanol–water partition coefficient (Wildman–Crippen LogP) is 4.17. The number of nitrogens with zero attached hydrogens (tertiary/aromatic N) is 2. The molecule has 0 saturated carbocycles. The lowest BCUT2D eigenvalue weighted by molar-refractivity contribution is -0.384. The Morgan fingerprint density at radius 2 is 1.74 bits per heavy atom. The van der Waals surface area contributed by atoms with Crippen LogP contribution < -0.4 is 20.1 Å². The van der Waals surface area contributed by atoms with Gasteiger partial charge in [-0.3, -0.25) is 19.7 Å². The van der Waals surface area contributed by atoms with Crippen molar-refractivity contribution < 1.29 is 24.0 Å². The van der Waals surface area contributed by atoms with Crippen LogP contribution in [0.5, 0.6) is 11.5 Å². The van der Waals surface area contributed by atoms with Gasteiger partial charge in [0.25, 0.3) is 17.5 Å². The van der Waals surface area contributed by atoms with Gasteiger partial charge in [0.15, 0.2) is 6.61 Å². The number of nitro groups is 1. The number of rotatable bonds is 9. The maximum absolute atomic E-state index is 12.6. The topological polar surface area (TPSA) is 144 Å². The number of methoxy groups -OCH3 is 1. The van der Waals surface area contributed by atoms with Crippen molar-refractivity contribution in [1.29, 1.82) is 5.26 Å². The fraction of sp³-hybridized carbons (Fsp3) is 0.0800. The molecule has 0 atom stereocenters. The first-order valence-electron chi connectivity index (χ1n) is 10.2. The number of nitrogens with one attached hydrogen (secondary N) is 2. The fourth-order valence-corrected chi connectivity index (χ4v) is 3.01. The van der Waals surface area contributed by atoms with Crippen LogP contribution in [0.1, 0.15) is 5.56 Å². The number of nitriles is 1. The summed E-state index contributed by atoms with van der Waals surface area (Å²) in [5.74, 6) is -0.412. The number of nitro benzene ring substituents is 1. The molecular formula is C25H20N4O6. The van der Waals surface area contributed by atoms with Crippen LogP contribution in [0.15, 0.2) is 78.4 Å². The highest BCUT2D eigenvalue weighted by molar-refractivity contribution is 6.10. The minimum atomic E-state index is -0.753. The number of anilines is 2. The number of ether oxygens (including phenoxy) is 2. The third-order valence-electron chi connectivity index (χ3n) is 4.64. The van der Waals surface area contributed by atoms with Gasteiger partial charge >= 0.3 is 0 Å². The Morgan fingerprint density at radius 3 is 2.46 bits per heavy atom. The molecule has 0 bridgehead atoms. The molecule has 0 radical (unpaired) electrons. The smallest absolute Gasteiger partial charge is 0.271 e. The number of benzene rings is 3. The molecule has 0 fully saturated rings. The Balaban J connectivity index is 1.72. The summed E-state index contributed by atoms with van der Waals surface area (Å²) in [4.78, 5) is 35.3. The average molecular weight is 472 g/mol. The van der Waals surface area contributed by atoms with Crippen molar-refractivity contribution >= 4 is 35.0 Å². The van der Waals surface area contributed by atoms with Crippen molar-refractivity contribution in [3.63, 3.8) is 0 Å². The molecule has 0 aliphatic rings. The van der Waals surface area contributed by atoms with Crippen LogP contribution in [0.4, 0.5) is 17.1 Å². The SMILES string of the molecule is COc1ccccc1NC(=O)COc1ccccc1C=C(C#N)C(=O)Nc1cccc([N+](=O)[O-])c1. The Kier molecular flexibility index (Phi) is 8.13. The van der Waals surface area contributed by atoms with Gasteiger partial charge in [0, 0.05) is 23.4 Å². The van der Waals surface area contributed by atoms with Gasteiger partial charge in [-0.2, -0.15) is 5.26 Å². The Hall–Kier alpha value is -5.17. The highest BCUT2D eigenvalue weighted by atomic mass is 16.6. The van der Waals surface area contributed by atoms with E-state index in [1.165, 1.54) is 37.5 Å². The van der Waals surface area contributed by atoms with Crippen molar-refractivity contribution in [3.8, 4) is 17.6 Å². The molecule has 10 nitrogen and oxygen atoms in total. The number of hydrogen-bond donors (Lipinski definition) is 2. The molecule has 0 unspecified atom stereocenters. The molecule has 3 aromatic carbocycles. The number of amides is 2. The third kappa shape index (κ3) is 6.66. The van der Waals surface area contributed by atoms with Gasteiger partial charge in [-0.05, 0) is 30.3 Å². The van der Waals surface area contributed by atoms with Gasteiger partial charge in [-0.15, -0.1) is 0 Å². The zero-order chi connectivity index (χ0) is 25.2. The molecule has 35 heavy (non-hydrogen) atoms. The molecular weight excluding hydrogens is 452 g/mol. The van der Waals surface area contributed by atoms with E-state index >= 15 is 0 Å². The minimum Gasteiger partial charge on any atom is -0.495 e. The summed E-state index contributed by atoms with van der Waals surface area (Å²) in [6, 6.07) is 20.7. The number of hydrogen-bond acceptors (Lipinski definition) is 7. The van der Waals surface area contributed by atoms with Crippen LogP contribution >= 0.6 is 0 Å². The Bertz CT molecular complexity index is 1330. The molecule has 2 amide bonds. The Labute approximate surface area is 200 Å². The highest BCUT2D eigenvalue weighted by Crippen LogP contribution is 2.24. The molecule has 3 rings (SSSR count). The third-order valence-corrected chi connectivity index (χ3v) is 4.64. The van der Waals surface area contributed by atoms with E-state index in [1.54, 1.807) is 48.5 Å². The van der Waals surface area contributed by atoms with E-state index in [-0.39, 0.29) is 29.3 Å². The van der Waals surface area contributed by atoms with Gasteiger partial charge < -0.3 is 20.1 Å². The minimum absolute atomic E-state index is 0.169. The number of non-ortho nitro benzene ring substituents is 1.